The number of likely N-dealkylation sites (N-methyl/N-ethyl adjacent to an activating group) is 1. The van der Waals surface area contributed by atoms with Crippen molar-refractivity contribution in [1.29, 1.82) is 0 Å². The van der Waals surface area contributed by atoms with E-state index in [0.29, 0.717) is 36.0 Å². The molecule has 6 nitrogen and oxygen atoms in total. The monoisotopic (exact) mass is 405 g/mol. The van der Waals surface area contributed by atoms with Crippen molar-refractivity contribution in [2.45, 2.75) is 43.9 Å². The van der Waals surface area contributed by atoms with Gasteiger partial charge in [-0.1, -0.05) is 13.3 Å². The molecule has 0 spiro atoms. The molecule has 154 valence electrons. The molecule has 0 radical (unpaired) electrons. The van der Waals surface area contributed by atoms with E-state index in [1.807, 2.05) is 0 Å². The summed E-state index contributed by atoms with van der Waals surface area (Å²) in [6, 6.07) is 6.62. The van der Waals surface area contributed by atoms with E-state index in [4.69, 9.17) is 0 Å². The second-order valence-corrected chi connectivity index (χ2v) is 10.5. The van der Waals surface area contributed by atoms with Crippen LogP contribution in [0.5, 0.6) is 0 Å². The lowest BCUT2D eigenvalue weighted by atomic mass is 9.86. The maximum atomic E-state index is 12.8. The van der Waals surface area contributed by atoms with Gasteiger partial charge in [0.2, 0.25) is 15.9 Å². The Hall–Kier alpha value is -1.44. The van der Waals surface area contributed by atoms with E-state index in [1.54, 1.807) is 28.6 Å². The fourth-order valence-corrected chi connectivity index (χ4v) is 6.64. The zero-order valence-corrected chi connectivity index (χ0v) is 17.5. The lowest BCUT2D eigenvalue weighted by molar-refractivity contribution is -0.117. The fraction of sp³-hybridized carbons (Fsp3) is 0.667. The van der Waals surface area contributed by atoms with Crippen molar-refractivity contribution in [3.63, 3.8) is 0 Å². The highest BCUT2D eigenvalue weighted by molar-refractivity contribution is 7.89. The number of nitrogens with zero attached hydrogens (tertiary/aromatic N) is 2. The van der Waals surface area contributed by atoms with Crippen LogP contribution in [0.3, 0.4) is 0 Å². The van der Waals surface area contributed by atoms with E-state index in [-0.39, 0.29) is 5.91 Å². The molecule has 3 unspecified atom stereocenters. The van der Waals surface area contributed by atoms with Gasteiger partial charge in [0.05, 0.1) is 4.90 Å². The van der Waals surface area contributed by atoms with Gasteiger partial charge >= 0.3 is 0 Å². The SMILES string of the molecule is CCN1CCN(S(=O)(=O)c2ccc(NC(=O)CC3CC4CCC3C4)cc2)CC1. The van der Waals surface area contributed by atoms with E-state index >= 15 is 0 Å². The van der Waals surface area contributed by atoms with Gasteiger partial charge < -0.3 is 10.2 Å². The summed E-state index contributed by atoms with van der Waals surface area (Å²) in [5.74, 6) is 2.15. The van der Waals surface area contributed by atoms with Crippen molar-refractivity contribution in [1.82, 2.24) is 9.21 Å². The van der Waals surface area contributed by atoms with Crippen LogP contribution in [0.1, 0.15) is 39.0 Å². The number of nitrogens with one attached hydrogen (secondary N) is 1. The Kier molecular flexibility index (Phi) is 5.76. The first kappa shape index (κ1) is 19.9. The highest BCUT2D eigenvalue weighted by Gasteiger charge is 2.40. The molecule has 1 aliphatic heterocycles. The number of amides is 1. The number of sulfonamides is 1. The first-order chi connectivity index (χ1) is 13.5. The lowest BCUT2D eigenvalue weighted by Crippen LogP contribution is -2.48. The van der Waals surface area contributed by atoms with Gasteiger partial charge in [-0.2, -0.15) is 4.31 Å². The summed E-state index contributed by atoms with van der Waals surface area (Å²) in [6.07, 6.45) is 5.70. The summed E-state index contributed by atoms with van der Waals surface area (Å²) in [5.41, 5.74) is 0.669. The quantitative estimate of drug-likeness (QED) is 0.790. The Morgan fingerprint density at radius 1 is 1.07 bits per heavy atom. The molecule has 3 atom stereocenters. The maximum Gasteiger partial charge on any atom is 0.243 e. The predicted molar refractivity (Wildman–Crippen MR) is 109 cm³/mol. The smallest absolute Gasteiger partial charge is 0.243 e. The lowest BCUT2D eigenvalue weighted by Gasteiger charge is -2.33. The van der Waals surface area contributed by atoms with Gasteiger partial charge in [0.15, 0.2) is 0 Å². The number of anilines is 1. The average molecular weight is 406 g/mol. The van der Waals surface area contributed by atoms with Crippen LogP contribution < -0.4 is 5.32 Å². The number of rotatable bonds is 6. The number of benzene rings is 1. The summed E-state index contributed by atoms with van der Waals surface area (Å²) >= 11 is 0. The van der Waals surface area contributed by atoms with Gasteiger partial charge in [0, 0.05) is 38.3 Å². The summed E-state index contributed by atoms with van der Waals surface area (Å²) in [4.78, 5) is 14.9. The van der Waals surface area contributed by atoms with Crippen LogP contribution in [0.15, 0.2) is 29.2 Å². The molecule has 3 fully saturated rings. The molecule has 1 aromatic rings. The van der Waals surface area contributed by atoms with Crippen LogP contribution in [0.4, 0.5) is 5.69 Å². The van der Waals surface area contributed by atoms with Gasteiger partial charge in [0.1, 0.15) is 0 Å². The normalized spacial score (nSPS) is 28.5. The Morgan fingerprint density at radius 3 is 2.36 bits per heavy atom. The summed E-state index contributed by atoms with van der Waals surface area (Å²) < 4.78 is 27.2. The van der Waals surface area contributed by atoms with Crippen LogP contribution in [-0.4, -0.2) is 56.3 Å². The van der Waals surface area contributed by atoms with Crippen LogP contribution in [0, 0.1) is 17.8 Å². The molecule has 4 rings (SSSR count). The molecule has 1 amide bonds. The first-order valence-corrected chi connectivity index (χ1v) is 12.0. The van der Waals surface area contributed by atoms with Crippen LogP contribution in [-0.2, 0) is 14.8 Å². The molecule has 0 aromatic heterocycles. The molecule has 1 saturated heterocycles. The number of hydrogen-bond donors (Lipinski definition) is 1. The Balaban J connectivity index is 1.33. The summed E-state index contributed by atoms with van der Waals surface area (Å²) in [5, 5.41) is 2.95. The van der Waals surface area contributed by atoms with Crippen molar-refractivity contribution in [2.24, 2.45) is 17.8 Å². The second-order valence-electron chi connectivity index (χ2n) is 8.55. The van der Waals surface area contributed by atoms with Crippen molar-refractivity contribution >= 4 is 21.6 Å². The zero-order valence-electron chi connectivity index (χ0n) is 16.6. The summed E-state index contributed by atoms with van der Waals surface area (Å²) in [7, 11) is -3.47. The molecular weight excluding hydrogens is 374 g/mol. The molecule has 2 bridgehead atoms. The van der Waals surface area contributed by atoms with Gasteiger partial charge in [-0.25, -0.2) is 8.42 Å². The third kappa shape index (κ3) is 4.11. The molecule has 28 heavy (non-hydrogen) atoms. The van der Waals surface area contributed by atoms with Gasteiger partial charge in [-0.05, 0) is 67.8 Å². The van der Waals surface area contributed by atoms with E-state index in [0.717, 1.165) is 31.5 Å². The third-order valence-corrected chi connectivity index (χ3v) is 8.80. The number of carbonyl (C=O) groups excluding carboxylic acids is 1. The molecule has 1 aromatic carbocycles. The number of piperazine rings is 1. The molecule has 2 aliphatic carbocycles. The predicted octanol–water partition coefficient (Wildman–Crippen LogP) is 2.78. The van der Waals surface area contributed by atoms with Crippen molar-refractivity contribution < 1.29 is 13.2 Å². The van der Waals surface area contributed by atoms with E-state index < -0.39 is 10.0 Å². The van der Waals surface area contributed by atoms with Gasteiger partial charge in [-0.3, -0.25) is 4.79 Å². The van der Waals surface area contributed by atoms with E-state index in [2.05, 4.69) is 17.1 Å². The maximum absolute atomic E-state index is 12.8. The highest BCUT2D eigenvalue weighted by atomic mass is 32.2. The van der Waals surface area contributed by atoms with Crippen molar-refractivity contribution in [3.05, 3.63) is 24.3 Å². The van der Waals surface area contributed by atoms with Crippen molar-refractivity contribution in [3.8, 4) is 0 Å². The largest absolute Gasteiger partial charge is 0.326 e. The van der Waals surface area contributed by atoms with Crippen LogP contribution >= 0.6 is 0 Å². The number of fused-ring (bicyclic) bond motifs is 2. The molecule has 3 aliphatic rings. The van der Waals surface area contributed by atoms with Crippen LogP contribution in [0.25, 0.3) is 0 Å². The minimum Gasteiger partial charge on any atom is -0.326 e. The number of hydrogen-bond acceptors (Lipinski definition) is 4. The standard InChI is InChI=1S/C21H31N3O3S/c1-2-23-9-11-24(12-10-23)28(26,27)20-7-5-19(6-8-20)22-21(25)15-18-14-16-3-4-17(18)13-16/h5-8,16-18H,2-4,9-15H2,1H3,(H,22,25). The van der Waals surface area contributed by atoms with E-state index in [9.17, 15) is 13.2 Å². The minimum absolute atomic E-state index is 0.0452. The average Bonchev–Trinajstić information content (AvgIpc) is 3.31. The Labute approximate surface area is 168 Å². The molecule has 2 saturated carbocycles. The minimum atomic E-state index is -3.47. The van der Waals surface area contributed by atoms with Crippen molar-refractivity contribution in [2.75, 3.05) is 38.0 Å². The second kappa shape index (κ2) is 8.13. The third-order valence-electron chi connectivity index (χ3n) is 6.89. The van der Waals surface area contributed by atoms with Gasteiger partial charge in [-0.15, -0.1) is 0 Å². The first-order valence-electron chi connectivity index (χ1n) is 10.6. The molecular formula is C21H31N3O3S. The highest BCUT2D eigenvalue weighted by Crippen LogP contribution is 2.49. The Morgan fingerprint density at radius 2 is 1.79 bits per heavy atom. The molecule has 1 N–H and O–H groups in total. The molecule has 1 heterocycles. The summed E-state index contributed by atoms with van der Waals surface area (Å²) in [6.45, 7) is 5.63. The van der Waals surface area contributed by atoms with E-state index in [1.165, 1.54) is 25.7 Å². The van der Waals surface area contributed by atoms with Crippen LogP contribution in [0.2, 0.25) is 0 Å². The molecule has 7 heteroatoms. The fourth-order valence-electron chi connectivity index (χ4n) is 5.22. The Bertz CT molecular complexity index is 801. The number of carbonyl (C=O) groups is 1. The topological polar surface area (TPSA) is 69.7 Å². The van der Waals surface area contributed by atoms with Gasteiger partial charge in [0.25, 0.3) is 0 Å². The zero-order chi connectivity index (χ0) is 19.7.